The van der Waals surface area contributed by atoms with Crippen LogP contribution in [0.25, 0.3) is 0 Å². The number of nitrogens with one attached hydrogen (secondary N) is 1. The topological polar surface area (TPSA) is 65.8 Å². The molecule has 0 spiro atoms. The molecule has 2 heterocycles. The number of hydrogen-bond acceptors (Lipinski definition) is 4. The van der Waals surface area contributed by atoms with E-state index < -0.39 is 6.04 Å². The Hall–Kier alpha value is -3.16. The van der Waals surface area contributed by atoms with Crippen molar-refractivity contribution in [3.8, 4) is 0 Å². The Morgan fingerprint density at radius 1 is 1.07 bits per heavy atom. The molecule has 0 bridgehead atoms. The molecule has 1 atom stereocenters. The number of anilines is 2. The molecular weight excluding hydrogens is 422 g/mol. The number of furan rings is 1. The van der Waals surface area contributed by atoms with Crippen LogP contribution < -0.4 is 10.2 Å². The van der Waals surface area contributed by atoms with Crippen LogP contribution in [-0.2, 0) is 16.1 Å². The van der Waals surface area contributed by atoms with E-state index in [2.05, 4.69) is 5.32 Å². The van der Waals surface area contributed by atoms with Gasteiger partial charge in [-0.25, -0.2) is 0 Å². The summed E-state index contributed by atoms with van der Waals surface area (Å²) in [5.41, 5.74) is 1.27. The van der Waals surface area contributed by atoms with Gasteiger partial charge in [0.15, 0.2) is 5.11 Å². The van der Waals surface area contributed by atoms with E-state index in [1.165, 1.54) is 4.90 Å². The molecule has 1 fully saturated rings. The van der Waals surface area contributed by atoms with Crippen molar-refractivity contribution in [1.82, 2.24) is 4.90 Å². The molecule has 3 aromatic rings. The molecule has 0 radical (unpaired) electrons. The van der Waals surface area contributed by atoms with E-state index in [1.807, 2.05) is 18.2 Å². The quantitative estimate of drug-likeness (QED) is 0.574. The predicted molar refractivity (Wildman–Crippen MR) is 119 cm³/mol. The minimum Gasteiger partial charge on any atom is -0.467 e. The molecule has 152 valence electrons. The lowest BCUT2D eigenvalue weighted by atomic mass is 10.1. The lowest BCUT2D eigenvalue weighted by Crippen LogP contribution is -2.37. The van der Waals surface area contributed by atoms with Crippen molar-refractivity contribution in [2.24, 2.45) is 0 Å². The molecule has 1 aliphatic heterocycles. The van der Waals surface area contributed by atoms with Gasteiger partial charge in [-0.1, -0.05) is 29.8 Å². The fraction of sp³-hybridized carbons (Fsp3) is 0.136. The van der Waals surface area contributed by atoms with Gasteiger partial charge in [-0.3, -0.25) is 14.5 Å². The second-order valence-corrected chi connectivity index (χ2v) is 7.58. The SMILES string of the molecule is O=C(C[C@@H]1C(=O)N(c2ccc(Cl)cc2)C(=S)N1Cc1ccco1)Nc1ccccc1. The van der Waals surface area contributed by atoms with Gasteiger partial charge in [-0.05, 0) is 60.7 Å². The molecular formula is C22H18ClN3O3S. The monoisotopic (exact) mass is 439 g/mol. The van der Waals surface area contributed by atoms with E-state index >= 15 is 0 Å². The van der Waals surface area contributed by atoms with E-state index in [4.69, 9.17) is 28.2 Å². The summed E-state index contributed by atoms with van der Waals surface area (Å²) in [6.45, 7) is 0.283. The smallest absolute Gasteiger partial charge is 0.256 e. The summed E-state index contributed by atoms with van der Waals surface area (Å²) in [5, 5.41) is 3.70. The van der Waals surface area contributed by atoms with E-state index in [9.17, 15) is 9.59 Å². The molecule has 30 heavy (non-hydrogen) atoms. The third-order valence-corrected chi connectivity index (χ3v) is 5.42. The van der Waals surface area contributed by atoms with E-state index in [-0.39, 0.29) is 24.8 Å². The Kier molecular flexibility index (Phi) is 5.83. The number of thiocarbonyl (C=S) groups is 1. The molecule has 1 saturated heterocycles. The number of nitrogens with zero attached hydrogens (tertiary/aromatic N) is 2. The fourth-order valence-electron chi connectivity index (χ4n) is 3.32. The van der Waals surface area contributed by atoms with E-state index in [1.54, 1.807) is 59.7 Å². The molecule has 2 aromatic carbocycles. The van der Waals surface area contributed by atoms with Crippen molar-refractivity contribution in [2.75, 3.05) is 10.2 Å². The molecule has 1 N–H and O–H groups in total. The summed E-state index contributed by atoms with van der Waals surface area (Å²) in [7, 11) is 0. The summed E-state index contributed by atoms with van der Waals surface area (Å²) in [6.07, 6.45) is 1.52. The van der Waals surface area contributed by atoms with Crippen LogP contribution >= 0.6 is 23.8 Å². The van der Waals surface area contributed by atoms with Gasteiger partial charge in [-0.15, -0.1) is 0 Å². The molecule has 1 aromatic heterocycles. The summed E-state index contributed by atoms with van der Waals surface area (Å²) in [5.74, 6) is 0.110. The average Bonchev–Trinajstić information content (AvgIpc) is 3.33. The lowest BCUT2D eigenvalue weighted by Gasteiger charge is -2.22. The third kappa shape index (κ3) is 4.22. The summed E-state index contributed by atoms with van der Waals surface area (Å²) in [6, 6.07) is 18.8. The molecule has 0 saturated carbocycles. The van der Waals surface area contributed by atoms with Crippen molar-refractivity contribution in [1.29, 1.82) is 0 Å². The molecule has 6 nitrogen and oxygen atoms in total. The molecule has 8 heteroatoms. The highest BCUT2D eigenvalue weighted by Crippen LogP contribution is 2.29. The van der Waals surface area contributed by atoms with Crippen LogP contribution in [0.1, 0.15) is 12.2 Å². The zero-order valence-corrected chi connectivity index (χ0v) is 17.4. The van der Waals surface area contributed by atoms with Gasteiger partial charge in [-0.2, -0.15) is 0 Å². The van der Waals surface area contributed by atoms with Crippen LogP contribution in [0.2, 0.25) is 5.02 Å². The molecule has 4 rings (SSSR count). The van der Waals surface area contributed by atoms with Gasteiger partial charge in [0.25, 0.3) is 5.91 Å². The highest BCUT2D eigenvalue weighted by molar-refractivity contribution is 7.80. The van der Waals surface area contributed by atoms with Crippen molar-refractivity contribution in [3.05, 3.63) is 83.8 Å². The number of carbonyl (C=O) groups excluding carboxylic acids is 2. The maximum atomic E-state index is 13.3. The second kappa shape index (κ2) is 8.69. The van der Waals surface area contributed by atoms with E-state index in [0.717, 1.165) is 0 Å². The van der Waals surface area contributed by atoms with Gasteiger partial charge in [0.1, 0.15) is 11.8 Å². The predicted octanol–water partition coefficient (Wildman–Crippen LogP) is 4.46. The number of halogens is 1. The largest absolute Gasteiger partial charge is 0.467 e. The first-order chi connectivity index (χ1) is 14.5. The average molecular weight is 440 g/mol. The van der Waals surface area contributed by atoms with Crippen molar-refractivity contribution >= 4 is 52.1 Å². The maximum absolute atomic E-state index is 13.3. The van der Waals surface area contributed by atoms with Crippen LogP contribution in [-0.4, -0.2) is 27.9 Å². The Balaban J connectivity index is 1.59. The zero-order chi connectivity index (χ0) is 21.1. The van der Waals surface area contributed by atoms with Crippen molar-refractivity contribution in [2.45, 2.75) is 19.0 Å². The summed E-state index contributed by atoms with van der Waals surface area (Å²) in [4.78, 5) is 29.1. The fourth-order valence-corrected chi connectivity index (χ4v) is 3.83. The third-order valence-electron chi connectivity index (χ3n) is 4.75. The second-order valence-electron chi connectivity index (χ2n) is 6.77. The molecule has 2 amide bonds. The van der Waals surface area contributed by atoms with Crippen LogP contribution in [0, 0.1) is 0 Å². The standard InChI is InChI=1S/C22H18ClN3O3S/c23-15-8-10-17(11-9-15)26-21(28)19(13-20(27)24-16-5-2-1-3-6-16)25(22(26)30)14-18-7-4-12-29-18/h1-12,19H,13-14H2,(H,24,27)/t19-/m1/s1. The van der Waals surface area contributed by atoms with Crippen LogP contribution in [0.5, 0.6) is 0 Å². The Morgan fingerprint density at radius 3 is 2.47 bits per heavy atom. The Bertz CT molecular complexity index is 1060. The van der Waals surface area contributed by atoms with Crippen molar-refractivity contribution in [3.63, 3.8) is 0 Å². The molecule has 1 aliphatic rings. The molecule has 0 unspecified atom stereocenters. The first kappa shape index (κ1) is 20.1. The van der Waals surface area contributed by atoms with Crippen molar-refractivity contribution < 1.29 is 14.0 Å². The maximum Gasteiger partial charge on any atom is 0.256 e. The number of amides is 2. The zero-order valence-electron chi connectivity index (χ0n) is 15.8. The van der Waals surface area contributed by atoms with Gasteiger partial charge in [0.2, 0.25) is 5.91 Å². The first-order valence-corrected chi connectivity index (χ1v) is 10.1. The number of para-hydroxylation sites is 1. The highest BCUT2D eigenvalue weighted by atomic mass is 35.5. The Morgan fingerprint density at radius 2 is 1.80 bits per heavy atom. The highest BCUT2D eigenvalue weighted by Gasteiger charge is 2.44. The minimum absolute atomic E-state index is 0.0430. The normalized spacial score (nSPS) is 16.2. The molecule has 0 aliphatic carbocycles. The number of carbonyl (C=O) groups is 2. The summed E-state index contributed by atoms with van der Waals surface area (Å²) >= 11 is 11.6. The lowest BCUT2D eigenvalue weighted by molar-refractivity contribution is -0.124. The summed E-state index contributed by atoms with van der Waals surface area (Å²) < 4.78 is 5.44. The van der Waals surface area contributed by atoms with Crippen LogP contribution in [0.3, 0.4) is 0 Å². The first-order valence-electron chi connectivity index (χ1n) is 9.30. The van der Waals surface area contributed by atoms with Gasteiger partial charge in [0, 0.05) is 10.7 Å². The van der Waals surface area contributed by atoms with Crippen LogP contribution in [0.4, 0.5) is 11.4 Å². The number of rotatable bonds is 6. The number of benzene rings is 2. The number of hydrogen-bond donors (Lipinski definition) is 1. The van der Waals surface area contributed by atoms with Gasteiger partial charge >= 0.3 is 0 Å². The van der Waals surface area contributed by atoms with Crippen LogP contribution in [0.15, 0.2) is 77.4 Å². The minimum atomic E-state index is -0.748. The van der Waals surface area contributed by atoms with Gasteiger partial charge in [0.05, 0.1) is 24.9 Å². The Labute approximate surface area is 184 Å². The van der Waals surface area contributed by atoms with Gasteiger partial charge < -0.3 is 14.6 Å². The van der Waals surface area contributed by atoms with E-state index in [0.29, 0.717) is 27.3 Å².